The van der Waals surface area contributed by atoms with Gasteiger partial charge in [0.25, 0.3) is 0 Å². The molecule has 13 heavy (non-hydrogen) atoms. The number of esters is 1. The molecule has 1 saturated heterocycles. The molecule has 1 aliphatic heterocycles. The van der Waals surface area contributed by atoms with E-state index in [0.717, 1.165) is 0 Å². The van der Waals surface area contributed by atoms with E-state index in [1.807, 2.05) is 0 Å². The van der Waals surface area contributed by atoms with E-state index < -0.39 is 17.7 Å². The lowest BCUT2D eigenvalue weighted by Gasteiger charge is -2.20. The van der Waals surface area contributed by atoms with Gasteiger partial charge in [0.15, 0.2) is 17.5 Å². The lowest BCUT2D eigenvalue weighted by molar-refractivity contribution is -0.148. The van der Waals surface area contributed by atoms with Crippen LogP contribution in [0, 0.1) is 0 Å². The maximum atomic E-state index is 10.9. The topological polar surface area (TPSA) is 63.6 Å². The van der Waals surface area contributed by atoms with Crippen LogP contribution >= 0.6 is 0 Å². The molecule has 4 nitrogen and oxygen atoms in total. The van der Waals surface area contributed by atoms with Crippen LogP contribution in [0.15, 0.2) is 24.3 Å². The molecule has 1 unspecified atom stereocenters. The number of rotatable bonds is 0. The van der Waals surface area contributed by atoms with Gasteiger partial charge in [0.2, 0.25) is 0 Å². The quantitative estimate of drug-likeness (QED) is 0.521. The highest BCUT2D eigenvalue weighted by Crippen LogP contribution is 2.31. The number of allylic oxidation sites excluding steroid dienone is 2. The first-order chi connectivity index (χ1) is 6.11. The zero-order valence-electron chi connectivity index (χ0n) is 6.77. The monoisotopic (exact) mass is 180 g/mol. The Kier molecular flexibility index (Phi) is 1.60. The maximum Gasteiger partial charge on any atom is 0.336 e. The third-order valence-corrected chi connectivity index (χ3v) is 2.13. The third-order valence-electron chi connectivity index (χ3n) is 2.13. The van der Waals surface area contributed by atoms with Crippen molar-refractivity contribution in [2.24, 2.45) is 0 Å². The van der Waals surface area contributed by atoms with Crippen LogP contribution < -0.4 is 0 Å². The highest BCUT2D eigenvalue weighted by atomic mass is 16.6. The van der Waals surface area contributed by atoms with Crippen molar-refractivity contribution >= 4 is 11.8 Å². The Morgan fingerprint density at radius 3 is 2.46 bits per heavy atom. The van der Waals surface area contributed by atoms with E-state index in [1.54, 1.807) is 0 Å². The number of aliphatic hydroxyl groups excluding tert-OH is 1. The van der Waals surface area contributed by atoms with E-state index in [1.165, 1.54) is 24.3 Å². The number of carbonyl (C=O) groups is 2. The van der Waals surface area contributed by atoms with E-state index in [4.69, 9.17) is 9.84 Å². The summed E-state index contributed by atoms with van der Waals surface area (Å²) < 4.78 is 4.94. The molecule has 1 N–H and O–H groups in total. The van der Waals surface area contributed by atoms with Crippen LogP contribution in [0.5, 0.6) is 0 Å². The number of carbonyl (C=O) groups excluding carboxylic acids is 2. The fraction of sp³-hybridized carbons (Fsp3) is 0.333. The van der Waals surface area contributed by atoms with Gasteiger partial charge in [-0.2, -0.15) is 0 Å². The lowest BCUT2D eigenvalue weighted by Crippen LogP contribution is -2.25. The average molecular weight is 180 g/mol. The first-order valence-electron chi connectivity index (χ1n) is 3.95. The molecule has 1 aliphatic carbocycles. The van der Waals surface area contributed by atoms with Crippen molar-refractivity contribution in [3.05, 3.63) is 24.3 Å². The van der Waals surface area contributed by atoms with Gasteiger partial charge >= 0.3 is 5.97 Å². The molecular formula is C9H8O4. The second kappa shape index (κ2) is 2.53. The second-order valence-electron chi connectivity index (χ2n) is 3.17. The molecule has 1 atom stereocenters. The maximum absolute atomic E-state index is 10.9. The smallest absolute Gasteiger partial charge is 0.336 e. The average Bonchev–Trinajstić information content (AvgIpc) is 2.36. The second-order valence-corrected chi connectivity index (χ2v) is 3.17. The zero-order chi connectivity index (χ0) is 9.47. The summed E-state index contributed by atoms with van der Waals surface area (Å²) in [5.41, 5.74) is -0.885. The summed E-state index contributed by atoms with van der Waals surface area (Å²) in [7, 11) is 0. The number of hydrogen-bond donors (Lipinski definition) is 1. The highest BCUT2D eigenvalue weighted by Gasteiger charge is 2.43. The Balaban J connectivity index is 2.26. The van der Waals surface area contributed by atoms with Crippen molar-refractivity contribution in [3.63, 3.8) is 0 Å². The van der Waals surface area contributed by atoms with Gasteiger partial charge in [0.05, 0.1) is 0 Å². The summed E-state index contributed by atoms with van der Waals surface area (Å²) in [5, 5.41) is 9.15. The Hall–Kier alpha value is -1.42. The molecule has 0 bridgehead atoms. The summed E-state index contributed by atoms with van der Waals surface area (Å²) >= 11 is 0. The van der Waals surface area contributed by atoms with E-state index in [0.29, 0.717) is 0 Å². The van der Waals surface area contributed by atoms with Crippen molar-refractivity contribution in [1.82, 2.24) is 0 Å². The summed E-state index contributed by atoms with van der Waals surface area (Å²) in [6, 6.07) is 0. The van der Waals surface area contributed by atoms with Crippen LogP contribution in [0.4, 0.5) is 0 Å². The van der Waals surface area contributed by atoms with Gasteiger partial charge in [-0.15, -0.1) is 0 Å². The minimum Gasteiger partial charge on any atom is -0.448 e. The molecule has 0 aromatic heterocycles. The van der Waals surface area contributed by atoms with Crippen molar-refractivity contribution < 1.29 is 19.4 Å². The van der Waals surface area contributed by atoms with Crippen LogP contribution in [-0.4, -0.2) is 28.6 Å². The molecule has 1 fully saturated rings. The molecule has 1 spiro atoms. The largest absolute Gasteiger partial charge is 0.448 e. The van der Waals surface area contributed by atoms with Gasteiger partial charge in [-0.1, -0.05) is 0 Å². The standard InChI is InChI=1S/C9H8O4/c10-6-1-3-9(4-2-6)5-7(11)8(12)13-9/h1-4,7,11H,5H2. The molecule has 4 heteroatoms. The molecule has 0 aromatic rings. The SMILES string of the molecule is O=C1C=CC2(C=C1)CC(O)C(=O)O2. The highest BCUT2D eigenvalue weighted by molar-refractivity contribution is 6.01. The number of hydrogen-bond acceptors (Lipinski definition) is 4. The van der Waals surface area contributed by atoms with Gasteiger partial charge in [-0.25, -0.2) is 4.79 Å². The molecule has 1 heterocycles. The molecule has 0 aromatic carbocycles. The molecule has 0 radical (unpaired) electrons. The first kappa shape index (κ1) is 8.19. The van der Waals surface area contributed by atoms with Crippen molar-refractivity contribution in [2.75, 3.05) is 0 Å². The normalized spacial score (nSPS) is 29.8. The number of ketones is 1. The predicted octanol–water partition coefficient (Wildman–Crippen LogP) is -0.272. The molecule has 2 aliphatic rings. The summed E-state index contributed by atoms with van der Waals surface area (Å²) in [5.74, 6) is -0.772. The van der Waals surface area contributed by atoms with Crippen molar-refractivity contribution in [2.45, 2.75) is 18.1 Å². The number of aliphatic hydroxyl groups is 1. The van der Waals surface area contributed by atoms with E-state index in [9.17, 15) is 9.59 Å². The fourth-order valence-corrected chi connectivity index (χ4v) is 1.44. The third kappa shape index (κ3) is 1.29. The number of ether oxygens (including phenoxy) is 1. The van der Waals surface area contributed by atoms with Gasteiger partial charge < -0.3 is 9.84 Å². The van der Waals surface area contributed by atoms with E-state index in [2.05, 4.69) is 0 Å². The Bertz CT molecular complexity index is 311. The van der Waals surface area contributed by atoms with E-state index in [-0.39, 0.29) is 12.2 Å². The Labute approximate surface area is 74.5 Å². The minimum absolute atomic E-state index is 0.136. The Morgan fingerprint density at radius 1 is 1.38 bits per heavy atom. The van der Waals surface area contributed by atoms with Gasteiger partial charge in [0.1, 0.15) is 0 Å². The minimum atomic E-state index is -1.08. The predicted molar refractivity (Wildman–Crippen MR) is 42.7 cm³/mol. The van der Waals surface area contributed by atoms with Crippen molar-refractivity contribution in [3.8, 4) is 0 Å². The molecular weight excluding hydrogens is 172 g/mol. The van der Waals surface area contributed by atoms with Crippen LogP contribution in [-0.2, 0) is 14.3 Å². The van der Waals surface area contributed by atoms with Gasteiger partial charge in [-0.05, 0) is 24.3 Å². The Morgan fingerprint density at radius 2 is 2.00 bits per heavy atom. The molecule has 2 rings (SSSR count). The zero-order valence-corrected chi connectivity index (χ0v) is 6.77. The van der Waals surface area contributed by atoms with Crippen molar-refractivity contribution in [1.29, 1.82) is 0 Å². The molecule has 0 amide bonds. The summed E-state index contributed by atoms with van der Waals surface area (Å²) in [6.45, 7) is 0. The lowest BCUT2D eigenvalue weighted by atomic mass is 9.94. The van der Waals surface area contributed by atoms with Crippen LogP contribution in [0.2, 0.25) is 0 Å². The molecule has 68 valence electrons. The fourth-order valence-electron chi connectivity index (χ4n) is 1.44. The first-order valence-corrected chi connectivity index (χ1v) is 3.95. The van der Waals surface area contributed by atoms with Crippen LogP contribution in [0.25, 0.3) is 0 Å². The summed E-state index contributed by atoms with van der Waals surface area (Å²) in [4.78, 5) is 21.7. The van der Waals surface area contributed by atoms with E-state index >= 15 is 0 Å². The van der Waals surface area contributed by atoms with Gasteiger partial charge in [-0.3, -0.25) is 4.79 Å². The molecule has 0 saturated carbocycles. The summed E-state index contributed by atoms with van der Waals surface area (Å²) in [6.07, 6.45) is 4.79. The van der Waals surface area contributed by atoms with Crippen LogP contribution in [0.1, 0.15) is 6.42 Å². The van der Waals surface area contributed by atoms with Crippen LogP contribution in [0.3, 0.4) is 0 Å². The van der Waals surface area contributed by atoms with Gasteiger partial charge in [0, 0.05) is 6.42 Å².